The zero-order chi connectivity index (χ0) is 13.1. The van der Waals surface area contributed by atoms with Crippen molar-refractivity contribution >= 4 is 17.8 Å². The largest absolute Gasteiger partial charge is 0.465 e. The molecule has 18 heavy (non-hydrogen) atoms. The fourth-order valence-electron chi connectivity index (χ4n) is 1.99. The van der Waals surface area contributed by atoms with Gasteiger partial charge >= 0.3 is 6.09 Å². The average molecular weight is 249 g/mol. The fourth-order valence-corrected chi connectivity index (χ4v) is 1.99. The molecule has 1 aliphatic rings. The number of carbonyl (C=O) groups excluding carboxylic acids is 1. The topological polar surface area (TPSA) is 82.5 Å². The van der Waals surface area contributed by atoms with Gasteiger partial charge in [-0.1, -0.05) is 0 Å². The van der Waals surface area contributed by atoms with E-state index in [2.05, 4.69) is 10.3 Å². The minimum Gasteiger partial charge on any atom is -0.465 e. The van der Waals surface area contributed by atoms with E-state index in [1.54, 1.807) is 12.3 Å². The van der Waals surface area contributed by atoms with Crippen LogP contribution >= 0.6 is 0 Å². The van der Waals surface area contributed by atoms with E-state index < -0.39 is 6.09 Å². The Morgan fingerprint density at radius 1 is 1.67 bits per heavy atom. The maximum atomic E-state index is 11.3. The molecule has 0 radical (unpaired) electrons. The average Bonchev–Trinajstić information content (AvgIpc) is 2.71. The molecule has 1 atom stereocenters. The summed E-state index contributed by atoms with van der Waals surface area (Å²) in [5.41, 5.74) is 0.951. The van der Waals surface area contributed by atoms with Crippen molar-refractivity contribution in [1.29, 1.82) is 0 Å². The van der Waals surface area contributed by atoms with E-state index in [0.717, 1.165) is 5.56 Å². The minimum absolute atomic E-state index is 0.0101. The monoisotopic (exact) mass is 249 g/mol. The van der Waals surface area contributed by atoms with Gasteiger partial charge in [0.05, 0.1) is 0 Å². The number of nitrogens with one attached hydrogen (secondary N) is 1. The van der Waals surface area contributed by atoms with Crippen molar-refractivity contribution in [3.8, 4) is 0 Å². The molecule has 96 valence electrons. The third-order valence-corrected chi connectivity index (χ3v) is 2.91. The van der Waals surface area contributed by atoms with Gasteiger partial charge in [-0.2, -0.15) is 0 Å². The second-order valence-electron chi connectivity index (χ2n) is 4.46. The fraction of sp³-hybridized carbons (Fsp3) is 0.417. The molecule has 0 saturated carbocycles. The SMILES string of the molecule is Cc1ccnc(N(CC2CNC(=O)C2)C(=O)O)c1. The Hall–Kier alpha value is -2.11. The van der Waals surface area contributed by atoms with Crippen LogP contribution in [0.3, 0.4) is 0 Å². The van der Waals surface area contributed by atoms with Crippen molar-refractivity contribution in [1.82, 2.24) is 10.3 Å². The molecule has 2 rings (SSSR count). The van der Waals surface area contributed by atoms with Gasteiger partial charge in [0.15, 0.2) is 0 Å². The van der Waals surface area contributed by atoms with E-state index in [4.69, 9.17) is 0 Å². The lowest BCUT2D eigenvalue weighted by atomic mass is 10.1. The molecule has 6 nitrogen and oxygen atoms in total. The molecule has 0 aliphatic carbocycles. The molecule has 0 bridgehead atoms. The summed E-state index contributed by atoms with van der Waals surface area (Å²) in [5.74, 6) is 0.389. The molecule has 1 aliphatic heterocycles. The number of carboxylic acid groups (broad SMARTS) is 1. The molecule has 0 spiro atoms. The number of aromatic nitrogens is 1. The first kappa shape index (κ1) is 12.3. The van der Waals surface area contributed by atoms with Crippen molar-refractivity contribution in [2.45, 2.75) is 13.3 Å². The number of anilines is 1. The first-order valence-corrected chi connectivity index (χ1v) is 5.76. The Balaban J connectivity index is 2.13. The van der Waals surface area contributed by atoms with E-state index >= 15 is 0 Å². The first-order chi connectivity index (χ1) is 8.56. The predicted octanol–water partition coefficient (Wildman–Crippen LogP) is 1.01. The lowest BCUT2D eigenvalue weighted by molar-refractivity contribution is -0.119. The Labute approximate surface area is 105 Å². The molecule has 1 saturated heterocycles. The molecule has 2 N–H and O–H groups in total. The number of pyridine rings is 1. The summed E-state index contributed by atoms with van der Waals surface area (Å²) in [7, 11) is 0. The van der Waals surface area contributed by atoms with Crippen LogP contribution in [0.5, 0.6) is 0 Å². The zero-order valence-electron chi connectivity index (χ0n) is 10.1. The van der Waals surface area contributed by atoms with Crippen molar-refractivity contribution in [2.75, 3.05) is 18.0 Å². The summed E-state index contributed by atoms with van der Waals surface area (Å²) in [6, 6.07) is 3.53. The number of aryl methyl sites for hydroxylation is 1. The van der Waals surface area contributed by atoms with E-state index in [-0.39, 0.29) is 18.4 Å². The van der Waals surface area contributed by atoms with Crippen LogP contribution in [0.4, 0.5) is 10.6 Å². The number of carbonyl (C=O) groups is 2. The predicted molar refractivity (Wildman–Crippen MR) is 65.5 cm³/mol. The number of hydrogen-bond acceptors (Lipinski definition) is 3. The van der Waals surface area contributed by atoms with Gasteiger partial charge in [0.1, 0.15) is 5.82 Å². The lowest BCUT2D eigenvalue weighted by Gasteiger charge is -2.21. The summed E-state index contributed by atoms with van der Waals surface area (Å²) >= 11 is 0. The summed E-state index contributed by atoms with van der Waals surface area (Å²) in [5, 5.41) is 11.9. The van der Waals surface area contributed by atoms with Crippen LogP contribution in [0.2, 0.25) is 0 Å². The summed E-state index contributed by atoms with van der Waals surface area (Å²) < 4.78 is 0. The van der Waals surface area contributed by atoms with Crippen LogP contribution in [-0.2, 0) is 4.79 Å². The molecule has 2 heterocycles. The van der Waals surface area contributed by atoms with Crippen LogP contribution in [0, 0.1) is 12.8 Å². The van der Waals surface area contributed by atoms with Crippen molar-refractivity contribution in [3.63, 3.8) is 0 Å². The van der Waals surface area contributed by atoms with E-state index in [1.807, 2.05) is 13.0 Å². The molecular formula is C12H15N3O3. The van der Waals surface area contributed by atoms with Crippen LogP contribution in [0.15, 0.2) is 18.3 Å². The van der Waals surface area contributed by atoms with Crippen molar-refractivity contribution in [3.05, 3.63) is 23.9 Å². The normalized spacial score (nSPS) is 18.5. The van der Waals surface area contributed by atoms with Gasteiger partial charge in [-0.05, 0) is 24.6 Å². The van der Waals surface area contributed by atoms with Gasteiger partial charge in [-0.3, -0.25) is 9.69 Å². The van der Waals surface area contributed by atoms with Gasteiger partial charge in [-0.25, -0.2) is 9.78 Å². The smallest absolute Gasteiger partial charge is 0.413 e. The minimum atomic E-state index is -1.05. The summed E-state index contributed by atoms with van der Waals surface area (Å²) in [6.07, 6.45) is 0.904. The molecule has 6 heteroatoms. The van der Waals surface area contributed by atoms with E-state index in [1.165, 1.54) is 4.90 Å². The van der Waals surface area contributed by atoms with Gasteiger partial charge < -0.3 is 10.4 Å². The Morgan fingerprint density at radius 2 is 2.44 bits per heavy atom. The van der Waals surface area contributed by atoms with Gasteiger partial charge in [-0.15, -0.1) is 0 Å². The van der Waals surface area contributed by atoms with Gasteiger partial charge in [0, 0.05) is 31.6 Å². The van der Waals surface area contributed by atoms with E-state index in [0.29, 0.717) is 18.8 Å². The second kappa shape index (κ2) is 5.03. The summed E-state index contributed by atoms with van der Waals surface area (Å²) in [4.78, 5) is 27.6. The van der Waals surface area contributed by atoms with Crippen LogP contribution in [0.25, 0.3) is 0 Å². The zero-order valence-corrected chi connectivity index (χ0v) is 10.1. The Morgan fingerprint density at radius 3 is 3.00 bits per heavy atom. The molecule has 1 aromatic rings. The number of amides is 2. The lowest BCUT2D eigenvalue weighted by Crippen LogP contribution is -2.35. The third kappa shape index (κ3) is 2.77. The molecular weight excluding hydrogens is 234 g/mol. The number of rotatable bonds is 3. The van der Waals surface area contributed by atoms with Crippen LogP contribution in [0.1, 0.15) is 12.0 Å². The second-order valence-corrected chi connectivity index (χ2v) is 4.46. The molecule has 1 fully saturated rings. The summed E-state index contributed by atoms with van der Waals surface area (Å²) in [6.45, 7) is 2.69. The Kier molecular flexibility index (Phi) is 3.45. The van der Waals surface area contributed by atoms with Crippen molar-refractivity contribution in [2.24, 2.45) is 5.92 Å². The maximum Gasteiger partial charge on any atom is 0.413 e. The highest BCUT2D eigenvalue weighted by atomic mass is 16.4. The Bertz CT molecular complexity index is 475. The van der Waals surface area contributed by atoms with Gasteiger partial charge in [0.25, 0.3) is 0 Å². The number of hydrogen-bond donors (Lipinski definition) is 2. The van der Waals surface area contributed by atoms with Crippen LogP contribution < -0.4 is 10.2 Å². The van der Waals surface area contributed by atoms with Crippen molar-refractivity contribution < 1.29 is 14.7 Å². The molecule has 2 amide bonds. The highest BCUT2D eigenvalue weighted by Crippen LogP contribution is 2.17. The standard InChI is InChI=1S/C12H15N3O3/c1-8-2-3-13-10(4-8)15(12(17)18)7-9-5-11(16)14-6-9/h2-4,9H,5-7H2,1H3,(H,14,16)(H,17,18). The third-order valence-electron chi connectivity index (χ3n) is 2.91. The van der Waals surface area contributed by atoms with Gasteiger partial charge in [0.2, 0.25) is 5.91 Å². The maximum absolute atomic E-state index is 11.3. The molecule has 1 unspecified atom stereocenters. The quantitative estimate of drug-likeness (QED) is 0.837. The first-order valence-electron chi connectivity index (χ1n) is 5.76. The highest BCUT2D eigenvalue weighted by Gasteiger charge is 2.27. The highest BCUT2D eigenvalue weighted by molar-refractivity contribution is 5.85. The molecule has 1 aromatic heterocycles. The molecule has 0 aromatic carbocycles. The number of nitrogens with zero attached hydrogens (tertiary/aromatic N) is 2. The van der Waals surface area contributed by atoms with E-state index in [9.17, 15) is 14.7 Å². The van der Waals surface area contributed by atoms with Crippen LogP contribution in [-0.4, -0.2) is 35.2 Å².